The molecule has 1 heterocycles. The van der Waals surface area contributed by atoms with Gasteiger partial charge < -0.3 is 10.1 Å². The number of halogens is 1. The molecule has 1 saturated heterocycles. The predicted octanol–water partition coefficient (Wildman–Crippen LogP) is 1.83. The molecule has 1 atom stereocenters. The summed E-state index contributed by atoms with van der Waals surface area (Å²) in [6.45, 7) is 2.95. The molecule has 2 rings (SSSR count). The minimum atomic E-state index is -3.84. The van der Waals surface area contributed by atoms with E-state index in [0.29, 0.717) is 24.3 Å². The van der Waals surface area contributed by atoms with E-state index in [1.165, 1.54) is 12.1 Å². The summed E-state index contributed by atoms with van der Waals surface area (Å²) in [6.07, 6.45) is 1.76. The minimum absolute atomic E-state index is 0.0353. The lowest BCUT2D eigenvalue weighted by atomic mass is 10.1. The van der Waals surface area contributed by atoms with Crippen LogP contribution in [0.3, 0.4) is 0 Å². The Hall–Kier alpha value is -1.11. The van der Waals surface area contributed by atoms with Crippen molar-refractivity contribution in [3.63, 3.8) is 0 Å². The minimum Gasteiger partial charge on any atom is -0.379 e. The third-order valence-electron chi connectivity index (χ3n) is 3.23. The van der Waals surface area contributed by atoms with E-state index >= 15 is 0 Å². The molecule has 1 aromatic rings. The summed E-state index contributed by atoms with van der Waals surface area (Å²) < 4.78 is 27.9. The Kier molecular flexibility index (Phi) is 4.67. The molecule has 20 heavy (non-hydrogen) atoms. The van der Waals surface area contributed by atoms with E-state index in [1.807, 2.05) is 0 Å². The molecule has 0 radical (unpaired) electrons. The molecule has 1 N–H and O–H groups in total. The lowest BCUT2D eigenvalue weighted by molar-refractivity contribution is 0.0624. The second-order valence-electron chi connectivity index (χ2n) is 4.80. The summed E-state index contributed by atoms with van der Waals surface area (Å²) >= 11 is 0. The largest absolute Gasteiger partial charge is 0.379 e. The molecular weight excluding hydrogens is 302 g/mol. The first-order valence-corrected chi connectivity index (χ1v) is 8.63. The Morgan fingerprint density at radius 1 is 1.45 bits per heavy atom. The Morgan fingerprint density at radius 2 is 2.20 bits per heavy atom. The van der Waals surface area contributed by atoms with Crippen molar-refractivity contribution >= 4 is 25.6 Å². The molecule has 1 amide bonds. The number of rotatable bonds is 3. The third kappa shape index (κ3) is 3.71. The van der Waals surface area contributed by atoms with Crippen molar-refractivity contribution < 1.29 is 17.9 Å². The average molecular weight is 318 g/mol. The maximum atomic E-state index is 12.2. The summed E-state index contributed by atoms with van der Waals surface area (Å²) in [5.74, 6) is -0.305. The van der Waals surface area contributed by atoms with Gasteiger partial charge in [0.2, 0.25) is 0 Å². The van der Waals surface area contributed by atoms with Crippen LogP contribution in [0.5, 0.6) is 0 Å². The Bertz CT molecular complexity index is 609. The number of benzene rings is 1. The van der Waals surface area contributed by atoms with Gasteiger partial charge in [-0.25, -0.2) is 8.42 Å². The van der Waals surface area contributed by atoms with Crippen LogP contribution in [0.15, 0.2) is 23.1 Å². The zero-order chi connectivity index (χ0) is 14.8. The van der Waals surface area contributed by atoms with Crippen molar-refractivity contribution in [3.8, 4) is 0 Å². The van der Waals surface area contributed by atoms with E-state index in [0.717, 1.165) is 12.8 Å². The van der Waals surface area contributed by atoms with Crippen molar-refractivity contribution in [2.75, 3.05) is 13.2 Å². The van der Waals surface area contributed by atoms with E-state index in [4.69, 9.17) is 15.4 Å². The van der Waals surface area contributed by atoms with Gasteiger partial charge in [0.15, 0.2) is 0 Å². The van der Waals surface area contributed by atoms with Crippen LogP contribution in [0.25, 0.3) is 0 Å². The zero-order valence-corrected chi connectivity index (χ0v) is 12.6. The summed E-state index contributed by atoms with van der Waals surface area (Å²) in [5, 5.41) is 2.85. The van der Waals surface area contributed by atoms with Gasteiger partial charge in [-0.15, -0.1) is 0 Å². The number of nitrogens with one attached hydrogen (secondary N) is 1. The molecule has 0 aromatic heterocycles. The van der Waals surface area contributed by atoms with Gasteiger partial charge in [0.1, 0.15) is 0 Å². The van der Waals surface area contributed by atoms with Gasteiger partial charge in [-0.05, 0) is 37.5 Å². The summed E-state index contributed by atoms with van der Waals surface area (Å²) in [5.41, 5.74) is 1.01. The Morgan fingerprint density at radius 3 is 2.80 bits per heavy atom. The average Bonchev–Trinajstić information content (AvgIpc) is 2.39. The van der Waals surface area contributed by atoms with Gasteiger partial charge in [0, 0.05) is 22.9 Å². The highest BCUT2D eigenvalue weighted by Gasteiger charge is 2.20. The molecule has 0 aliphatic carbocycles. The molecule has 1 aliphatic rings. The monoisotopic (exact) mass is 317 g/mol. The van der Waals surface area contributed by atoms with Crippen molar-refractivity contribution in [3.05, 3.63) is 29.3 Å². The summed E-state index contributed by atoms with van der Waals surface area (Å²) in [6, 6.07) is 4.23. The van der Waals surface area contributed by atoms with Crippen molar-refractivity contribution in [1.29, 1.82) is 0 Å². The van der Waals surface area contributed by atoms with E-state index in [2.05, 4.69) is 5.32 Å². The number of ether oxygens (including phenoxy) is 1. The fraction of sp³-hybridized carbons (Fsp3) is 0.462. The van der Waals surface area contributed by atoms with Gasteiger partial charge in [0.25, 0.3) is 15.0 Å². The van der Waals surface area contributed by atoms with E-state index in [-0.39, 0.29) is 16.8 Å². The van der Waals surface area contributed by atoms with Crippen LogP contribution in [-0.2, 0) is 13.8 Å². The van der Waals surface area contributed by atoms with Crippen molar-refractivity contribution in [2.45, 2.75) is 30.7 Å². The molecule has 1 fully saturated rings. The molecular formula is C13H16ClNO4S. The van der Waals surface area contributed by atoms with Gasteiger partial charge in [-0.1, -0.05) is 6.07 Å². The highest BCUT2D eigenvalue weighted by molar-refractivity contribution is 8.13. The molecule has 0 spiro atoms. The molecule has 1 unspecified atom stereocenters. The van der Waals surface area contributed by atoms with Gasteiger partial charge in [-0.2, -0.15) is 0 Å². The quantitative estimate of drug-likeness (QED) is 0.863. The maximum Gasteiger partial charge on any atom is 0.261 e. The highest BCUT2D eigenvalue weighted by atomic mass is 35.7. The van der Waals surface area contributed by atoms with Crippen LogP contribution in [0.2, 0.25) is 0 Å². The number of carbonyl (C=O) groups excluding carboxylic acids is 1. The van der Waals surface area contributed by atoms with Gasteiger partial charge in [0.05, 0.1) is 17.5 Å². The summed E-state index contributed by atoms with van der Waals surface area (Å²) in [7, 11) is 1.46. The van der Waals surface area contributed by atoms with Gasteiger partial charge >= 0.3 is 0 Å². The van der Waals surface area contributed by atoms with Crippen molar-refractivity contribution in [2.24, 2.45) is 0 Å². The zero-order valence-electron chi connectivity index (χ0n) is 11.1. The number of hydrogen-bond donors (Lipinski definition) is 1. The summed E-state index contributed by atoms with van der Waals surface area (Å²) in [4.78, 5) is 12.1. The Balaban J connectivity index is 2.20. The van der Waals surface area contributed by atoms with Crippen LogP contribution in [-0.4, -0.2) is 33.6 Å². The third-order valence-corrected chi connectivity index (χ3v) is 4.58. The van der Waals surface area contributed by atoms with E-state index in [1.54, 1.807) is 13.0 Å². The lowest BCUT2D eigenvalue weighted by Gasteiger charge is -2.23. The smallest absolute Gasteiger partial charge is 0.261 e. The first-order valence-electron chi connectivity index (χ1n) is 6.32. The number of aryl methyl sites for hydroxylation is 1. The molecule has 1 aromatic carbocycles. The lowest BCUT2D eigenvalue weighted by Crippen LogP contribution is -2.40. The molecule has 1 aliphatic heterocycles. The number of hydrogen-bond acceptors (Lipinski definition) is 4. The number of amides is 1. The van der Waals surface area contributed by atoms with Gasteiger partial charge in [-0.3, -0.25) is 4.79 Å². The first kappa shape index (κ1) is 15.3. The normalized spacial score (nSPS) is 19.6. The van der Waals surface area contributed by atoms with Crippen molar-refractivity contribution in [1.82, 2.24) is 5.32 Å². The molecule has 7 heteroatoms. The van der Waals surface area contributed by atoms with Crippen LogP contribution < -0.4 is 5.32 Å². The SMILES string of the molecule is Cc1ccc(S(=O)(=O)Cl)cc1C(=O)NC1CCCOC1. The second-order valence-corrected chi connectivity index (χ2v) is 7.37. The van der Waals surface area contributed by atoms with Crippen LogP contribution in [0.4, 0.5) is 0 Å². The predicted molar refractivity (Wildman–Crippen MR) is 75.5 cm³/mol. The first-order chi connectivity index (χ1) is 9.38. The van der Waals surface area contributed by atoms with Crippen LogP contribution in [0.1, 0.15) is 28.8 Å². The van der Waals surface area contributed by atoms with Crippen LogP contribution in [0, 0.1) is 6.92 Å². The second kappa shape index (κ2) is 6.11. The maximum absolute atomic E-state index is 12.2. The fourth-order valence-corrected chi connectivity index (χ4v) is 2.89. The topological polar surface area (TPSA) is 72.5 Å². The van der Waals surface area contributed by atoms with E-state index in [9.17, 15) is 13.2 Å². The highest BCUT2D eigenvalue weighted by Crippen LogP contribution is 2.19. The standard InChI is InChI=1S/C13H16ClNO4S/c1-9-4-5-11(20(14,17)18)7-12(9)13(16)15-10-3-2-6-19-8-10/h4-5,7,10H,2-3,6,8H2,1H3,(H,15,16). The number of carbonyl (C=O) groups is 1. The fourth-order valence-electron chi connectivity index (χ4n) is 2.12. The van der Waals surface area contributed by atoms with E-state index < -0.39 is 9.05 Å². The molecule has 0 bridgehead atoms. The van der Waals surface area contributed by atoms with Crippen LogP contribution >= 0.6 is 10.7 Å². The Labute approximate surface area is 122 Å². The molecule has 5 nitrogen and oxygen atoms in total. The molecule has 110 valence electrons. The molecule has 0 saturated carbocycles.